The van der Waals surface area contributed by atoms with Crippen LogP contribution >= 0.6 is 0 Å². The van der Waals surface area contributed by atoms with Gasteiger partial charge in [0.05, 0.1) is 5.52 Å². The number of benzene rings is 1. The van der Waals surface area contributed by atoms with E-state index in [1.807, 2.05) is 42.5 Å². The summed E-state index contributed by atoms with van der Waals surface area (Å²) in [7, 11) is 0. The van der Waals surface area contributed by atoms with E-state index in [9.17, 15) is 5.11 Å². The van der Waals surface area contributed by atoms with E-state index in [0.29, 0.717) is 17.6 Å². The molecule has 2 heterocycles. The van der Waals surface area contributed by atoms with E-state index in [4.69, 9.17) is 4.42 Å². The van der Waals surface area contributed by atoms with Gasteiger partial charge in [-0.2, -0.15) is 0 Å². The molecular weight excluding hydrogens is 262 g/mol. The topological polar surface area (TPSA) is 46.3 Å². The van der Waals surface area contributed by atoms with Gasteiger partial charge in [-0.25, -0.2) is 0 Å². The van der Waals surface area contributed by atoms with Gasteiger partial charge in [-0.05, 0) is 30.5 Å². The lowest BCUT2D eigenvalue weighted by atomic mass is 10.0. The van der Waals surface area contributed by atoms with Gasteiger partial charge in [0.2, 0.25) is 0 Å². The zero-order valence-electron chi connectivity index (χ0n) is 11.9. The third kappa shape index (κ3) is 2.14. The van der Waals surface area contributed by atoms with E-state index in [1.54, 1.807) is 6.20 Å². The first-order valence-corrected chi connectivity index (χ1v) is 7.35. The van der Waals surface area contributed by atoms with Crippen molar-refractivity contribution in [1.82, 2.24) is 4.98 Å². The summed E-state index contributed by atoms with van der Waals surface area (Å²) in [4.78, 5) is 4.39. The van der Waals surface area contributed by atoms with Crippen molar-refractivity contribution in [1.29, 1.82) is 0 Å². The maximum Gasteiger partial charge on any atom is 0.139 e. The summed E-state index contributed by atoms with van der Waals surface area (Å²) in [5.41, 5.74) is 1.61. The molecular formula is C18H17NO2. The van der Waals surface area contributed by atoms with Crippen LogP contribution in [0.15, 0.2) is 53.1 Å². The summed E-state index contributed by atoms with van der Waals surface area (Å²) in [6.45, 7) is 2.22. The van der Waals surface area contributed by atoms with Gasteiger partial charge >= 0.3 is 0 Å². The second-order valence-electron chi connectivity index (χ2n) is 5.88. The largest absolute Gasteiger partial charge is 0.463 e. The molecule has 3 nitrogen and oxygen atoms in total. The van der Waals surface area contributed by atoms with Crippen LogP contribution in [0.4, 0.5) is 0 Å². The number of para-hydroxylation sites is 1. The van der Waals surface area contributed by atoms with Crippen LogP contribution in [-0.2, 0) is 0 Å². The van der Waals surface area contributed by atoms with Crippen LogP contribution in [0.25, 0.3) is 10.9 Å². The molecule has 4 rings (SSSR count). The third-order valence-electron chi connectivity index (χ3n) is 4.35. The molecule has 1 fully saturated rings. The fourth-order valence-electron chi connectivity index (χ4n) is 2.93. The molecule has 0 bridgehead atoms. The first-order chi connectivity index (χ1) is 10.2. The monoisotopic (exact) mass is 279 g/mol. The summed E-state index contributed by atoms with van der Waals surface area (Å²) < 4.78 is 5.87. The predicted octanol–water partition coefficient (Wildman–Crippen LogP) is 4.03. The SMILES string of the molecule is CC1CC1c1ccc(C(O)c2cccc3cccnc23)o1. The zero-order chi connectivity index (χ0) is 14.4. The van der Waals surface area contributed by atoms with Crippen molar-refractivity contribution >= 4 is 10.9 Å². The second kappa shape index (κ2) is 4.71. The molecule has 21 heavy (non-hydrogen) atoms. The number of aliphatic hydroxyl groups excluding tert-OH is 1. The highest BCUT2D eigenvalue weighted by Crippen LogP contribution is 2.47. The van der Waals surface area contributed by atoms with Crippen molar-refractivity contribution in [3.05, 3.63) is 65.7 Å². The highest BCUT2D eigenvalue weighted by molar-refractivity contribution is 5.82. The Kier molecular flexibility index (Phi) is 2.82. The summed E-state index contributed by atoms with van der Waals surface area (Å²) in [5.74, 6) is 2.81. The number of aromatic nitrogens is 1. The summed E-state index contributed by atoms with van der Waals surface area (Å²) in [6.07, 6.45) is 2.16. The number of hydrogen-bond donors (Lipinski definition) is 1. The minimum Gasteiger partial charge on any atom is -0.463 e. The fourth-order valence-corrected chi connectivity index (χ4v) is 2.93. The molecule has 1 saturated carbocycles. The normalized spacial score (nSPS) is 22.4. The molecule has 3 aromatic rings. The van der Waals surface area contributed by atoms with Crippen LogP contribution in [0, 0.1) is 5.92 Å². The van der Waals surface area contributed by atoms with Crippen LogP contribution in [0.1, 0.15) is 42.5 Å². The first-order valence-electron chi connectivity index (χ1n) is 7.35. The molecule has 106 valence electrons. The Morgan fingerprint density at radius 2 is 2.00 bits per heavy atom. The first kappa shape index (κ1) is 12.6. The summed E-state index contributed by atoms with van der Waals surface area (Å²) in [6, 6.07) is 13.6. The smallest absolute Gasteiger partial charge is 0.139 e. The lowest BCUT2D eigenvalue weighted by molar-refractivity contribution is 0.188. The quantitative estimate of drug-likeness (QED) is 0.787. The van der Waals surface area contributed by atoms with Crippen LogP contribution in [0.5, 0.6) is 0 Å². The molecule has 1 N–H and O–H groups in total. The molecule has 0 spiro atoms. The van der Waals surface area contributed by atoms with Crippen molar-refractivity contribution in [3.63, 3.8) is 0 Å². The molecule has 0 saturated heterocycles. The van der Waals surface area contributed by atoms with Gasteiger partial charge in [0, 0.05) is 23.1 Å². The highest BCUT2D eigenvalue weighted by Gasteiger charge is 2.37. The van der Waals surface area contributed by atoms with Crippen LogP contribution in [-0.4, -0.2) is 10.1 Å². The minimum atomic E-state index is -0.772. The van der Waals surface area contributed by atoms with E-state index < -0.39 is 6.10 Å². The number of rotatable bonds is 3. The van der Waals surface area contributed by atoms with E-state index in [2.05, 4.69) is 11.9 Å². The van der Waals surface area contributed by atoms with Crippen molar-refractivity contribution in [3.8, 4) is 0 Å². The van der Waals surface area contributed by atoms with Gasteiger partial charge in [-0.3, -0.25) is 4.98 Å². The van der Waals surface area contributed by atoms with Crippen molar-refractivity contribution < 1.29 is 9.52 Å². The summed E-state index contributed by atoms with van der Waals surface area (Å²) >= 11 is 0. The maximum absolute atomic E-state index is 10.6. The molecule has 3 atom stereocenters. The van der Waals surface area contributed by atoms with Crippen LogP contribution < -0.4 is 0 Å². The van der Waals surface area contributed by atoms with Crippen LogP contribution in [0.3, 0.4) is 0 Å². The number of hydrogen-bond acceptors (Lipinski definition) is 3. The Labute approximate surface area is 123 Å². The van der Waals surface area contributed by atoms with Crippen molar-refractivity contribution in [2.24, 2.45) is 5.92 Å². The molecule has 1 aromatic carbocycles. The van der Waals surface area contributed by atoms with E-state index in [0.717, 1.165) is 22.2 Å². The van der Waals surface area contributed by atoms with Gasteiger partial charge in [-0.1, -0.05) is 31.2 Å². The molecule has 1 aliphatic rings. The lowest BCUT2D eigenvalue weighted by Gasteiger charge is -2.10. The Hall–Kier alpha value is -2.13. The number of nitrogens with zero attached hydrogens (tertiary/aromatic N) is 1. The van der Waals surface area contributed by atoms with Gasteiger partial charge < -0.3 is 9.52 Å². The van der Waals surface area contributed by atoms with Gasteiger partial charge in [0.1, 0.15) is 17.6 Å². The maximum atomic E-state index is 10.6. The molecule has 0 radical (unpaired) electrons. The van der Waals surface area contributed by atoms with Gasteiger partial charge in [0.15, 0.2) is 0 Å². The Balaban J connectivity index is 1.72. The number of furan rings is 1. The summed E-state index contributed by atoms with van der Waals surface area (Å²) in [5, 5.41) is 11.7. The molecule has 3 heteroatoms. The molecule has 1 aliphatic carbocycles. The van der Waals surface area contributed by atoms with E-state index in [-0.39, 0.29) is 0 Å². The molecule has 0 aliphatic heterocycles. The van der Waals surface area contributed by atoms with E-state index >= 15 is 0 Å². The molecule has 0 amide bonds. The zero-order valence-corrected chi connectivity index (χ0v) is 11.9. The third-order valence-corrected chi connectivity index (χ3v) is 4.35. The van der Waals surface area contributed by atoms with Gasteiger partial charge in [-0.15, -0.1) is 0 Å². The number of fused-ring (bicyclic) bond motifs is 1. The molecule has 3 unspecified atom stereocenters. The average Bonchev–Trinajstić information content (AvgIpc) is 3.05. The highest BCUT2D eigenvalue weighted by atomic mass is 16.4. The Bertz CT molecular complexity index is 787. The predicted molar refractivity (Wildman–Crippen MR) is 81.0 cm³/mol. The van der Waals surface area contributed by atoms with Gasteiger partial charge in [0.25, 0.3) is 0 Å². The Morgan fingerprint density at radius 1 is 1.19 bits per heavy atom. The fraction of sp³-hybridized carbons (Fsp3) is 0.278. The molecule has 2 aromatic heterocycles. The second-order valence-corrected chi connectivity index (χ2v) is 5.88. The van der Waals surface area contributed by atoms with Crippen molar-refractivity contribution in [2.45, 2.75) is 25.4 Å². The lowest BCUT2D eigenvalue weighted by Crippen LogP contribution is -2.00. The standard InChI is InChI=1S/C18H17NO2/c1-11-10-14(11)15-7-8-16(21-15)18(20)13-6-2-4-12-5-3-9-19-17(12)13/h2-9,11,14,18,20H,10H2,1H3. The minimum absolute atomic E-state index is 0.525. The Morgan fingerprint density at radius 3 is 2.81 bits per heavy atom. The average molecular weight is 279 g/mol. The number of aliphatic hydroxyl groups is 1. The van der Waals surface area contributed by atoms with Crippen molar-refractivity contribution in [2.75, 3.05) is 0 Å². The van der Waals surface area contributed by atoms with E-state index in [1.165, 1.54) is 6.42 Å². The number of pyridine rings is 1. The van der Waals surface area contributed by atoms with Crippen LogP contribution in [0.2, 0.25) is 0 Å².